The molecule has 3 aromatic rings. The Hall–Kier alpha value is -3.27. The van der Waals surface area contributed by atoms with Crippen LogP contribution in [0.25, 0.3) is 10.8 Å². The molecule has 0 radical (unpaired) electrons. The van der Waals surface area contributed by atoms with Crippen LogP contribution < -0.4 is 10.0 Å². The molecule has 0 unspecified atom stereocenters. The van der Waals surface area contributed by atoms with Gasteiger partial charge in [0.15, 0.2) is 0 Å². The third-order valence-corrected chi connectivity index (χ3v) is 9.94. The van der Waals surface area contributed by atoms with Gasteiger partial charge in [0.2, 0.25) is 15.9 Å². The van der Waals surface area contributed by atoms with Gasteiger partial charge in [-0.1, -0.05) is 56.3 Å². The molecule has 0 aromatic heterocycles. The summed E-state index contributed by atoms with van der Waals surface area (Å²) in [5.74, 6) is -0.100. The minimum absolute atomic E-state index is 0.0251. The number of hydrogen-bond donors (Lipinski definition) is 2. The van der Waals surface area contributed by atoms with Gasteiger partial charge in [0.05, 0.1) is 10.9 Å². The van der Waals surface area contributed by atoms with Gasteiger partial charge in [0, 0.05) is 41.2 Å². The smallest absolute Gasteiger partial charge is 0.255 e. The summed E-state index contributed by atoms with van der Waals surface area (Å²) in [7, 11) is -3.86. The van der Waals surface area contributed by atoms with E-state index < -0.39 is 10.0 Å². The molecule has 2 fully saturated rings. The van der Waals surface area contributed by atoms with Crippen molar-refractivity contribution >= 4 is 38.3 Å². The molecule has 0 saturated carbocycles. The predicted molar refractivity (Wildman–Crippen MR) is 158 cm³/mol. The summed E-state index contributed by atoms with van der Waals surface area (Å²) in [5, 5.41) is 4.15. The third-order valence-electron chi connectivity index (χ3n) is 8.39. The monoisotopic (exact) mass is 562 g/mol. The summed E-state index contributed by atoms with van der Waals surface area (Å²) >= 11 is 0. The van der Waals surface area contributed by atoms with Crippen molar-refractivity contribution in [2.75, 3.05) is 31.5 Å². The van der Waals surface area contributed by atoms with Crippen LogP contribution in [-0.2, 0) is 14.8 Å². The van der Waals surface area contributed by atoms with Crippen LogP contribution in [0.1, 0.15) is 49.0 Å². The molecule has 5 rings (SSSR count). The highest BCUT2D eigenvalue weighted by atomic mass is 32.2. The fourth-order valence-corrected chi connectivity index (χ4v) is 7.70. The Morgan fingerprint density at radius 2 is 1.68 bits per heavy atom. The maximum absolute atomic E-state index is 13.7. The lowest BCUT2D eigenvalue weighted by Crippen LogP contribution is -2.54. The summed E-state index contributed by atoms with van der Waals surface area (Å²) in [6.45, 7) is 8.86. The van der Waals surface area contributed by atoms with Crippen molar-refractivity contribution in [3.05, 3.63) is 71.8 Å². The molecule has 9 heteroatoms. The van der Waals surface area contributed by atoms with Gasteiger partial charge in [-0.15, -0.1) is 0 Å². The van der Waals surface area contributed by atoms with Gasteiger partial charge >= 0.3 is 0 Å². The van der Waals surface area contributed by atoms with Gasteiger partial charge in [-0.3, -0.25) is 14.5 Å². The van der Waals surface area contributed by atoms with Crippen LogP contribution in [0.5, 0.6) is 0 Å². The normalized spacial score (nSPS) is 22.0. The zero-order valence-electron chi connectivity index (χ0n) is 23.4. The number of piperidine rings is 1. The highest BCUT2D eigenvalue weighted by Crippen LogP contribution is 2.31. The number of rotatable bonds is 7. The molecule has 2 heterocycles. The Morgan fingerprint density at radius 1 is 0.950 bits per heavy atom. The number of hydrogen-bond acceptors (Lipinski definition) is 5. The summed E-state index contributed by atoms with van der Waals surface area (Å²) in [6, 6.07) is 17.4. The Kier molecular flexibility index (Phi) is 8.26. The van der Waals surface area contributed by atoms with Gasteiger partial charge in [0.25, 0.3) is 5.91 Å². The van der Waals surface area contributed by atoms with Crippen molar-refractivity contribution in [3.8, 4) is 0 Å². The molecule has 2 N–H and O–H groups in total. The number of sulfonamides is 1. The number of likely N-dealkylation sites (N-methyl/N-ethyl adjacent to an activating group) is 1. The van der Waals surface area contributed by atoms with E-state index in [4.69, 9.17) is 0 Å². The van der Waals surface area contributed by atoms with Gasteiger partial charge < -0.3 is 10.2 Å². The van der Waals surface area contributed by atoms with Gasteiger partial charge in [-0.25, -0.2) is 13.1 Å². The van der Waals surface area contributed by atoms with E-state index in [0.717, 1.165) is 31.5 Å². The molecule has 0 aliphatic carbocycles. The summed E-state index contributed by atoms with van der Waals surface area (Å²) < 4.78 is 30.3. The maximum atomic E-state index is 13.7. The van der Waals surface area contributed by atoms with E-state index in [1.165, 1.54) is 0 Å². The number of nitrogens with one attached hydrogen (secondary N) is 2. The summed E-state index contributed by atoms with van der Waals surface area (Å²) in [5.41, 5.74) is 1.98. The summed E-state index contributed by atoms with van der Waals surface area (Å²) in [6.07, 6.45) is 2.49. The number of carbonyl (C=O) groups excluding carboxylic acids is 2. The van der Waals surface area contributed by atoms with Crippen LogP contribution in [0, 0.1) is 12.8 Å². The molecule has 212 valence electrons. The van der Waals surface area contributed by atoms with Crippen molar-refractivity contribution in [3.63, 3.8) is 0 Å². The van der Waals surface area contributed by atoms with E-state index in [1.54, 1.807) is 30.3 Å². The second-order valence-electron chi connectivity index (χ2n) is 11.0. The number of aryl methyl sites for hydroxylation is 1. The van der Waals surface area contributed by atoms with E-state index in [2.05, 4.69) is 21.9 Å². The lowest BCUT2D eigenvalue weighted by molar-refractivity contribution is -0.137. The summed E-state index contributed by atoms with van der Waals surface area (Å²) in [4.78, 5) is 30.5. The van der Waals surface area contributed by atoms with Crippen LogP contribution in [0.2, 0.25) is 0 Å². The number of nitrogens with zero attached hydrogens (tertiary/aromatic N) is 2. The second-order valence-corrected chi connectivity index (χ2v) is 12.7. The number of anilines is 1. The number of benzene rings is 3. The van der Waals surface area contributed by atoms with E-state index in [0.29, 0.717) is 41.5 Å². The number of carbonyl (C=O) groups is 2. The van der Waals surface area contributed by atoms with Crippen LogP contribution >= 0.6 is 0 Å². The first-order valence-electron chi connectivity index (χ1n) is 14.1. The number of likely N-dealkylation sites (tertiary alicyclic amines) is 2. The third kappa shape index (κ3) is 5.64. The van der Waals surface area contributed by atoms with Crippen molar-refractivity contribution in [2.45, 2.75) is 57.0 Å². The van der Waals surface area contributed by atoms with Crippen molar-refractivity contribution < 1.29 is 18.0 Å². The predicted octanol–water partition coefficient (Wildman–Crippen LogP) is 4.40. The minimum atomic E-state index is -3.86. The molecule has 2 aliphatic rings. The SMILES string of the molecule is CCN1CCC[C@H]1C(=O)N1CC[C@H](NS(=O)(=O)c2ccc(NC(=O)c3ccccc3C)c3ccccc23)[C@H](C)C1. The Bertz CT molecular complexity index is 1520. The number of fused-ring (bicyclic) bond motifs is 1. The number of amides is 2. The molecule has 0 spiro atoms. The quantitative estimate of drug-likeness (QED) is 0.445. The largest absolute Gasteiger partial charge is 0.341 e. The lowest BCUT2D eigenvalue weighted by atomic mass is 9.94. The molecular formula is C31H38N4O4S. The highest BCUT2D eigenvalue weighted by Gasteiger charge is 2.37. The highest BCUT2D eigenvalue weighted by molar-refractivity contribution is 7.89. The van der Waals surface area contributed by atoms with Crippen molar-refractivity contribution in [1.82, 2.24) is 14.5 Å². The molecular weight excluding hydrogens is 524 g/mol. The molecule has 0 bridgehead atoms. The molecule has 8 nitrogen and oxygen atoms in total. The van der Waals surface area contributed by atoms with E-state index in [-0.39, 0.29) is 34.7 Å². The fourth-order valence-electron chi connectivity index (χ4n) is 6.11. The molecule has 2 amide bonds. The molecule has 3 atom stereocenters. The van der Waals surface area contributed by atoms with Crippen LogP contribution in [0.3, 0.4) is 0 Å². The van der Waals surface area contributed by atoms with E-state index in [1.807, 2.05) is 49.1 Å². The minimum Gasteiger partial charge on any atom is -0.341 e. The van der Waals surface area contributed by atoms with Crippen molar-refractivity contribution in [1.29, 1.82) is 0 Å². The standard InChI is InChI=1S/C31H38N4O4S/c1-4-34-18-9-14-28(34)31(37)35-19-17-26(22(3)20-35)33-40(38,39)29-16-15-27(24-12-7-8-13-25(24)29)32-30(36)23-11-6-5-10-21(23)2/h5-8,10-13,15-16,22,26,28,33H,4,9,14,17-20H2,1-3H3,(H,32,36)/t22-,26+,28+/m1/s1. The first kappa shape index (κ1) is 28.3. The average Bonchev–Trinajstić information content (AvgIpc) is 3.43. The average molecular weight is 563 g/mol. The van der Waals surface area contributed by atoms with E-state index >= 15 is 0 Å². The van der Waals surface area contributed by atoms with E-state index in [9.17, 15) is 18.0 Å². The molecule has 40 heavy (non-hydrogen) atoms. The zero-order valence-corrected chi connectivity index (χ0v) is 24.2. The van der Waals surface area contributed by atoms with Gasteiger partial charge in [0.1, 0.15) is 0 Å². The van der Waals surface area contributed by atoms with Crippen molar-refractivity contribution in [2.24, 2.45) is 5.92 Å². The van der Waals surface area contributed by atoms with Gasteiger partial charge in [-0.2, -0.15) is 0 Å². The zero-order chi connectivity index (χ0) is 28.4. The first-order chi connectivity index (χ1) is 19.2. The van der Waals surface area contributed by atoms with Crippen LogP contribution in [-0.4, -0.2) is 68.3 Å². The Balaban J connectivity index is 1.32. The molecule has 2 aliphatic heterocycles. The Labute approximate surface area is 236 Å². The first-order valence-corrected chi connectivity index (χ1v) is 15.6. The maximum Gasteiger partial charge on any atom is 0.255 e. The Morgan fingerprint density at radius 3 is 2.40 bits per heavy atom. The lowest BCUT2D eigenvalue weighted by Gasteiger charge is -2.39. The van der Waals surface area contributed by atoms with Crippen LogP contribution in [0.4, 0.5) is 5.69 Å². The van der Waals surface area contributed by atoms with Gasteiger partial charge in [-0.05, 0) is 69.0 Å². The van der Waals surface area contributed by atoms with Crippen LogP contribution in [0.15, 0.2) is 65.6 Å². The molecule has 3 aromatic carbocycles. The topological polar surface area (TPSA) is 98.8 Å². The molecule has 2 saturated heterocycles. The second kappa shape index (κ2) is 11.7. The fraction of sp³-hybridized carbons (Fsp3) is 0.419.